The summed E-state index contributed by atoms with van der Waals surface area (Å²) < 4.78 is 0. The zero-order chi connectivity index (χ0) is 9.80. The highest BCUT2D eigenvalue weighted by Crippen LogP contribution is 2.31. The molecule has 0 heterocycles. The van der Waals surface area contributed by atoms with Gasteiger partial charge in [0.25, 0.3) is 0 Å². The van der Waals surface area contributed by atoms with Gasteiger partial charge in [-0.05, 0) is 36.6 Å². The molecule has 0 spiro atoms. The van der Waals surface area contributed by atoms with Crippen molar-refractivity contribution in [2.24, 2.45) is 5.92 Å². The summed E-state index contributed by atoms with van der Waals surface area (Å²) in [6.07, 6.45) is 4.22. The van der Waals surface area contributed by atoms with Crippen molar-refractivity contribution in [3.05, 3.63) is 29.8 Å². The van der Waals surface area contributed by atoms with E-state index >= 15 is 0 Å². The molecular formula is C12H18N2. The topological polar surface area (TPSA) is 38.0 Å². The van der Waals surface area contributed by atoms with E-state index in [-0.39, 0.29) is 0 Å². The molecule has 2 rings (SSSR count). The molecule has 1 aromatic carbocycles. The SMILES string of the molecule is Nc1cccc(CNCCC2CC2)c1. The molecule has 0 atom stereocenters. The van der Waals surface area contributed by atoms with E-state index in [0.29, 0.717) is 0 Å². The Morgan fingerprint density at radius 2 is 2.21 bits per heavy atom. The van der Waals surface area contributed by atoms with Gasteiger partial charge in [-0.15, -0.1) is 0 Å². The summed E-state index contributed by atoms with van der Waals surface area (Å²) in [5, 5.41) is 3.44. The zero-order valence-corrected chi connectivity index (χ0v) is 8.50. The fourth-order valence-corrected chi connectivity index (χ4v) is 1.65. The minimum Gasteiger partial charge on any atom is -0.399 e. The molecule has 0 saturated heterocycles. The highest BCUT2D eigenvalue weighted by atomic mass is 14.8. The summed E-state index contributed by atoms with van der Waals surface area (Å²) in [5.41, 5.74) is 7.83. The maximum Gasteiger partial charge on any atom is 0.0317 e. The Labute approximate surface area is 85.5 Å². The van der Waals surface area contributed by atoms with E-state index < -0.39 is 0 Å². The van der Waals surface area contributed by atoms with Crippen molar-refractivity contribution in [2.75, 3.05) is 12.3 Å². The van der Waals surface area contributed by atoms with Crippen LogP contribution in [0.3, 0.4) is 0 Å². The molecule has 0 unspecified atom stereocenters. The van der Waals surface area contributed by atoms with Crippen molar-refractivity contribution < 1.29 is 0 Å². The molecule has 1 fully saturated rings. The van der Waals surface area contributed by atoms with Crippen molar-refractivity contribution in [2.45, 2.75) is 25.8 Å². The van der Waals surface area contributed by atoms with Gasteiger partial charge >= 0.3 is 0 Å². The number of hydrogen-bond donors (Lipinski definition) is 2. The summed E-state index contributed by atoms with van der Waals surface area (Å²) in [6.45, 7) is 2.08. The molecule has 14 heavy (non-hydrogen) atoms. The predicted octanol–water partition coefficient (Wildman–Crippen LogP) is 2.16. The molecule has 1 aliphatic rings. The Morgan fingerprint density at radius 1 is 1.36 bits per heavy atom. The van der Waals surface area contributed by atoms with Gasteiger partial charge in [-0.2, -0.15) is 0 Å². The Bertz CT molecular complexity index is 292. The largest absolute Gasteiger partial charge is 0.399 e. The van der Waals surface area contributed by atoms with Crippen LogP contribution in [0.4, 0.5) is 5.69 Å². The lowest BCUT2D eigenvalue weighted by Crippen LogP contribution is -2.15. The Balaban J connectivity index is 1.68. The van der Waals surface area contributed by atoms with Gasteiger partial charge in [0.1, 0.15) is 0 Å². The molecule has 0 bridgehead atoms. The molecule has 2 heteroatoms. The summed E-state index contributed by atoms with van der Waals surface area (Å²) >= 11 is 0. The first-order valence-corrected chi connectivity index (χ1v) is 5.40. The molecule has 0 radical (unpaired) electrons. The average Bonchev–Trinajstić information content (AvgIpc) is 2.96. The number of rotatable bonds is 5. The number of anilines is 1. The van der Waals surface area contributed by atoms with Crippen LogP contribution in [0.15, 0.2) is 24.3 Å². The molecule has 0 aliphatic heterocycles. The van der Waals surface area contributed by atoms with Crippen molar-refractivity contribution in [3.63, 3.8) is 0 Å². The van der Waals surface area contributed by atoms with E-state index in [1.54, 1.807) is 0 Å². The maximum absolute atomic E-state index is 5.69. The third kappa shape index (κ3) is 3.04. The first-order valence-electron chi connectivity index (χ1n) is 5.40. The van der Waals surface area contributed by atoms with Gasteiger partial charge in [0, 0.05) is 12.2 Å². The number of nitrogens with two attached hydrogens (primary N) is 1. The van der Waals surface area contributed by atoms with Gasteiger partial charge < -0.3 is 11.1 Å². The van der Waals surface area contributed by atoms with E-state index in [9.17, 15) is 0 Å². The van der Waals surface area contributed by atoms with Crippen LogP contribution in [0.5, 0.6) is 0 Å². The molecule has 3 N–H and O–H groups in total. The summed E-state index contributed by atoms with van der Waals surface area (Å²) in [7, 11) is 0. The average molecular weight is 190 g/mol. The molecular weight excluding hydrogens is 172 g/mol. The summed E-state index contributed by atoms with van der Waals surface area (Å²) in [4.78, 5) is 0. The molecule has 76 valence electrons. The van der Waals surface area contributed by atoms with E-state index in [1.807, 2.05) is 18.2 Å². The fraction of sp³-hybridized carbons (Fsp3) is 0.500. The lowest BCUT2D eigenvalue weighted by Gasteiger charge is -2.04. The second-order valence-electron chi connectivity index (χ2n) is 4.15. The van der Waals surface area contributed by atoms with Crippen LogP contribution in [0.2, 0.25) is 0 Å². The number of nitrogen functional groups attached to an aromatic ring is 1. The van der Waals surface area contributed by atoms with Crippen molar-refractivity contribution >= 4 is 5.69 Å². The molecule has 0 amide bonds. The Hall–Kier alpha value is -1.02. The van der Waals surface area contributed by atoms with Crippen molar-refractivity contribution in [1.82, 2.24) is 5.32 Å². The van der Waals surface area contributed by atoms with E-state index in [0.717, 1.165) is 24.7 Å². The first-order chi connectivity index (χ1) is 6.84. The zero-order valence-electron chi connectivity index (χ0n) is 8.50. The second kappa shape index (κ2) is 4.47. The lowest BCUT2D eigenvalue weighted by molar-refractivity contribution is 0.613. The number of hydrogen-bond acceptors (Lipinski definition) is 2. The minimum absolute atomic E-state index is 0.853. The van der Waals surface area contributed by atoms with Crippen LogP contribution in [0, 0.1) is 5.92 Å². The Morgan fingerprint density at radius 3 is 2.93 bits per heavy atom. The maximum atomic E-state index is 5.69. The molecule has 1 aromatic rings. The van der Waals surface area contributed by atoms with E-state index in [4.69, 9.17) is 5.73 Å². The van der Waals surface area contributed by atoms with E-state index in [2.05, 4.69) is 11.4 Å². The third-order valence-corrected chi connectivity index (χ3v) is 2.71. The smallest absolute Gasteiger partial charge is 0.0317 e. The molecule has 2 nitrogen and oxygen atoms in total. The lowest BCUT2D eigenvalue weighted by atomic mass is 10.2. The summed E-state index contributed by atoms with van der Waals surface area (Å²) in [5.74, 6) is 1.02. The van der Waals surface area contributed by atoms with Gasteiger partial charge in [0.2, 0.25) is 0 Å². The van der Waals surface area contributed by atoms with Gasteiger partial charge in [0.05, 0.1) is 0 Å². The van der Waals surface area contributed by atoms with Gasteiger partial charge in [-0.1, -0.05) is 25.0 Å². The molecule has 1 aliphatic carbocycles. The minimum atomic E-state index is 0.853. The van der Waals surface area contributed by atoms with Crippen LogP contribution < -0.4 is 11.1 Å². The van der Waals surface area contributed by atoms with Crippen LogP contribution in [0.1, 0.15) is 24.8 Å². The van der Waals surface area contributed by atoms with Crippen LogP contribution in [-0.2, 0) is 6.54 Å². The number of nitrogens with one attached hydrogen (secondary N) is 1. The predicted molar refractivity (Wildman–Crippen MR) is 59.9 cm³/mol. The van der Waals surface area contributed by atoms with Gasteiger partial charge in [0.15, 0.2) is 0 Å². The van der Waals surface area contributed by atoms with Gasteiger partial charge in [-0.25, -0.2) is 0 Å². The highest BCUT2D eigenvalue weighted by molar-refractivity contribution is 5.40. The van der Waals surface area contributed by atoms with Crippen molar-refractivity contribution in [3.8, 4) is 0 Å². The van der Waals surface area contributed by atoms with Gasteiger partial charge in [-0.3, -0.25) is 0 Å². The second-order valence-corrected chi connectivity index (χ2v) is 4.15. The van der Waals surface area contributed by atoms with Crippen LogP contribution in [-0.4, -0.2) is 6.54 Å². The first kappa shape index (κ1) is 9.53. The number of benzene rings is 1. The summed E-state index contributed by atoms with van der Waals surface area (Å²) in [6, 6.07) is 8.07. The fourth-order valence-electron chi connectivity index (χ4n) is 1.65. The van der Waals surface area contributed by atoms with Crippen LogP contribution in [0.25, 0.3) is 0 Å². The molecule has 0 aromatic heterocycles. The normalized spacial score (nSPS) is 15.7. The third-order valence-electron chi connectivity index (χ3n) is 2.71. The van der Waals surface area contributed by atoms with E-state index in [1.165, 1.54) is 24.8 Å². The highest BCUT2D eigenvalue weighted by Gasteiger charge is 2.19. The standard InChI is InChI=1S/C12H18N2/c13-12-3-1-2-11(8-12)9-14-7-6-10-4-5-10/h1-3,8,10,14H,4-7,9,13H2. The molecule has 1 saturated carbocycles. The quantitative estimate of drug-likeness (QED) is 0.551. The van der Waals surface area contributed by atoms with Crippen molar-refractivity contribution in [1.29, 1.82) is 0 Å². The van der Waals surface area contributed by atoms with Crippen LogP contribution >= 0.6 is 0 Å². The Kier molecular flexibility index (Phi) is 3.04. The monoisotopic (exact) mass is 190 g/mol.